The molecule has 2 aromatic rings. The second-order valence-corrected chi connectivity index (χ2v) is 8.61. The van der Waals surface area contributed by atoms with Gasteiger partial charge in [-0.1, -0.05) is 12.1 Å². The maximum absolute atomic E-state index is 13.3. The van der Waals surface area contributed by atoms with Crippen LogP contribution in [0.25, 0.3) is 0 Å². The van der Waals surface area contributed by atoms with Gasteiger partial charge in [-0.25, -0.2) is 17.6 Å². The third-order valence-corrected chi connectivity index (χ3v) is 6.24. The largest absolute Gasteiger partial charge is 0.334 e. The molecule has 156 valence electrons. The van der Waals surface area contributed by atoms with Gasteiger partial charge in [0.2, 0.25) is 5.91 Å². The van der Waals surface area contributed by atoms with E-state index in [0.29, 0.717) is 0 Å². The van der Waals surface area contributed by atoms with Gasteiger partial charge in [-0.15, -0.1) is 0 Å². The van der Waals surface area contributed by atoms with Gasteiger partial charge >= 0.3 is 6.03 Å². The molecule has 4 amide bonds. The van der Waals surface area contributed by atoms with Gasteiger partial charge in [0.1, 0.15) is 5.82 Å². The van der Waals surface area contributed by atoms with Crippen molar-refractivity contribution < 1.29 is 27.2 Å². The first-order chi connectivity index (χ1) is 14.2. The fourth-order valence-electron chi connectivity index (χ4n) is 3.34. The minimum Gasteiger partial charge on any atom is -0.334 e. The summed E-state index contributed by atoms with van der Waals surface area (Å²) in [6.07, 6.45) is 0. The Morgan fingerprint density at radius 3 is 2.50 bits per heavy atom. The van der Waals surface area contributed by atoms with E-state index >= 15 is 0 Å². The summed E-state index contributed by atoms with van der Waals surface area (Å²) < 4.78 is 40.5. The molecular formula is C19H17FN4O5S. The van der Waals surface area contributed by atoms with Crippen LogP contribution in [0.5, 0.6) is 0 Å². The Morgan fingerprint density at radius 2 is 1.83 bits per heavy atom. The van der Waals surface area contributed by atoms with Gasteiger partial charge in [0, 0.05) is 24.3 Å². The normalized spacial score (nSPS) is 17.0. The molecule has 2 aromatic carbocycles. The first-order valence-corrected chi connectivity index (χ1v) is 10.5. The van der Waals surface area contributed by atoms with E-state index in [4.69, 9.17) is 0 Å². The second-order valence-electron chi connectivity index (χ2n) is 6.93. The van der Waals surface area contributed by atoms with Crippen molar-refractivity contribution in [3.8, 4) is 0 Å². The number of carbonyl (C=O) groups excluding carboxylic acids is 3. The van der Waals surface area contributed by atoms with Crippen molar-refractivity contribution in [2.45, 2.75) is 10.9 Å². The van der Waals surface area contributed by atoms with Gasteiger partial charge in [0.25, 0.3) is 15.9 Å². The van der Waals surface area contributed by atoms with Crippen molar-refractivity contribution >= 4 is 33.6 Å². The Bertz CT molecular complexity index is 1130. The number of urea groups is 1. The summed E-state index contributed by atoms with van der Waals surface area (Å²) in [4.78, 5) is 38.4. The second kappa shape index (κ2) is 7.41. The highest BCUT2D eigenvalue weighted by molar-refractivity contribution is 7.92. The third-order valence-electron chi connectivity index (χ3n) is 4.86. The van der Waals surface area contributed by atoms with Gasteiger partial charge in [-0.2, -0.15) is 0 Å². The molecule has 11 heteroatoms. The van der Waals surface area contributed by atoms with E-state index in [1.54, 1.807) is 0 Å². The number of nitrogens with zero attached hydrogens (tertiary/aromatic N) is 2. The number of hydrogen-bond acceptors (Lipinski definition) is 5. The van der Waals surface area contributed by atoms with Crippen LogP contribution in [0, 0.1) is 5.82 Å². The Morgan fingerprint density at radius 1 is 1.10 bits per heavy atom. The molecule has 2 heterocycles. The maximum atomic E-state index is 13.3. The summed E-state index contributed by atoms with van der Waals surface area (Å²) in [5, 5.41) is 2.44. The maximum Gasteiger partial charge on any atom is 0.324 e. The summed E-state index contributed by atoms with van der Waals surface area (Å²) in [6, 6.07) is 9.64. The van der Waals surface area contributed by atoms with Crippen LogP contribution in [0.1, 0.15) is 10.4 Å². The third kappa shape index (κ3) is 3.71. The number of sulfonamides is 1. The molecule has 0 spiro atoms. The molecule has 2 aliphatic heterocycles. The van der Waals surface area contributed by atoms with Crippen molar-refractivity contribution in [3.63, 3.8) is 0 Å². The van der Waals surface area contributed by atoms with E-state index in [0.717, 1.165) is 17.0 Å². The first kappa shape index (κ1) is 19.8. The number of imide groups is 1. The number of anilines is 1. The summed E-state index contributed by atoms with van der Waals surface area (Å²) in [7, 11) is -4.03. The lowest BCUT2D eigenvalue weighted by molar-refractivity contribution is -0.128. The molecule has 4 rings (SSSR count). The predicted molar refractivity (Wildman–Crippen MR) is 104 cm³/mol. The lowest BCUT2D eigenvalue weighted by atomic mass is 10.0. The summed E-state index contributed by atoms with van der Waals surface area (Å²) in [6.45, 7) is 0.366. The molecule has 2 saturated heterocycles. The average Bonchev–Trinajstić information content (AvgIpc) is 2.99. The Balaban J connectivity index is 1.44. The quantitative estimate of drug-likeness (QED) is 0.684. The van der Waals surface area contributed by atoms with Crippen molar-refractivity contribution in [1.29, 1.82) is 0 Å². The minimum atomic E-state index is -4.03. The molecular weight excluding hydrogens is 415 g/mol. The molecule has 0 radical (unpaired) electrons. The molecule has 2 fully saturated rings. The Hall–Kier alpha value is -3.47. The number of halogens is 1. The number of rotatable bonds is 5. The fourth-order valence-corrected chi connectivity index (χ4v) is 4.42. The summed E-state index contributed by atoms with van der Waals surface area (Å²) in [5.74, 6) is -1.37. The molecule has 30 heavy (non-hydrogen) atoms. The van der Waals surface area contributed by atoms with E-state index < -0.39 is 21.9 Å². The molecule has 0 saturated carbocycles. The lowest BCUT2D eigenvalue weighted by Gasteiger charge is -2.42. The number of hydrogen-bond donors (Lipinski definition) is 2. The predicted octanol–water partition coefficient (Wildman–Crippen LogP) is 1.00. The standard InChI is InChI=1S/C19H17FN4O5S/c20-13-4-2-6-16(8-13)30(28,29)22-14-5-1-3-12(7-14)18(26)23-10-15(11-23)24-17(25)9-21-19(24)27/h1-8,15,22H,9-11H2,(H,21,27). The molecule has 9 nitrogen and oxygen atoms in total. The van der Waals surface area contributed by atoms with Gasteiger partial charge in [0.15, 0.2) is 0 Å². The molecule has 2 aliphatic rings. The molecule has 0 unspecified atom stereocenters. The molecule has 0 atom stereocenters. The number of amides is 4. The van der Waals surface area contributed by atoms with E-state index in [9.17, 15) is 27.2 Å². The van der Waals surface area contributed by atoms with Crippen LogP contribution in [0.2, 0.25) is 0 Å². The highest BCUT2D eigenvalue weighted by Crippen LogP contribution is 2.23. The van der Waals surface area contributed by atoms with E-state index in [2.05, 4.69) is 10.0 Å². The number of benzene rings is 2. The van der Waals surface area contributed by atoms with Crippen molar-refractivity contribution in [2.75, 3.05) is 24.4 Å². The molecule has 0 aromatic heterocycles. The monoisotopic (exact) mass is 432 g/mol. The van der Waals surface area contributed by atoms with Crippen LogP contribution in [-0.2, 0) is 14.8 Å². The van der Waals surface area contributed by atoms with Crippen molar-refractivity contribution in [3.05, 3.63) is 59.9 Å². The highest BCUT2D eigenvalue weighted by atomic mass is 32.2. The van der Waals surface area contributed by atoms with Crippen LogP contribution < -0.4 is 10.0 Å². The molecule has 0 bridgehead atoms. The average molecular weight is 432 g/mol. The zero-order valence-corrected chi connectivity index (χ0v) is 16.4. The Labute approximate surface area is 171 Å². The SMILES string of the molecule is O=C(c1cccc(NS(=O)(=O)c2cccc(F)c2)c1)N1CC(N2C(=O)CNC2=O)C1. The number of likely N-dealkylation sites (tertiary alicyclic amines) is 1. The van der Waals surface area contributed by atoms with Gasteiger partial charge in [0.05, 0.1) is 17.5 Å². The van der Waals surface area contributed by atoms with Crippen LogP contribution in [-0.4, -0.2) is 61.7 Å². The van der Waals surface area contributed by atoms with Crippen molar-refractivity contribution in [1.82, 2.24) is 15.1 Å². The number of carbonyl (C=O) groups is 3. The Kier molecular flexibility index (Phi) is 4.90. The van der Waals surface area contributed by atoms with Crippen LogP contribution in [0.15, 0.2) is 53.4 Å². The van der Waals surface area contributed by atoms with E-state index in [1.165, 1.54) is 41.3 Å². The van der Waals surface area contributed by atoms with Crippen LogP contribution in [0.4, 0.5) is 14.9 Å². The van der Waals surface area contributed by atoms with Gasteiger partial charge in [-0.05, 0) is 36.4 Å². The van der Waals surface area contributed by atoms with Crippen molar-refractivity contribution in [2.24, 2.45) is 0 Å². The fraction of sp³-hybridized carbons (Fsp3) is 0.211. The molecule has 2 N–H and O–H groups in total. The number of nitrogens with one attached hydrogen (secondary N) is 2. The highest BCUT2D eigenvalue weighted by Gasteiger charge is 2.43. The smallest absolute Gasteiger partial charge is 0.324 e. The van der Waals surface area contributed by atoms with Gasteiger partial charge in [-0.3, -0.25) is 19.2 Å². The zero-order chi connectivity index (χ0) is 21.5. The summed E-state index contributed by atoms with van der Waals surface area (Å²) in [5.41, 5.74) is 0.390. The van der Waals surface area contributed by atoms with E-state index in [-0.39, 0.29) is 53.6 Å². The van der Waals surface area contributed by atoms with Gasteiger partial charge < -0.3 is 10.2 Å². The van der Waals surface area contributed by atoms with Crippen LogP contribution in [0.3, 0.4) is 0 Å². The lowest BCUT2D eigenvalue weighted by Crippen LogP contribution is -2.62. The summed E-state index contributed by atoms with van der Waals surface area (Å²) >= 11 is 0. The topological polar surface area (TPSA) is 116 Å². The van der Waals surface area contributed by atoms with E-state index in [1.807, 2.05) is 0 Å². The van der Waals surface area contributed by atoms with Crippen LogP contribution >= 0.6 is 0 Å². The zero-order valence-electron chi connectivity index (χ0n) is 15.5. The molecule has 0 aliphatic carbocycles. The first-order valence-electron chi connectivity index (χ1n) is 9.02. The minimum absolute atomic E-state index is 0.0449.